The van der Waals surface area contributed by atoms with Crippen LogP contribution in [-0.2, 0) is 0 Å². The molecule has 0 spiro atoms. The molecular weight excluding hydrogens is 190 g/mol. The molecule has 0 aliphatic heterocycles. The number of rotatable bonds is 3. The highest BCUT2D eigenvalue weighted by molar-refractivity contribution is 5.74. The summed E-state index contributed by atoms with van der Waals surface area (Å²) in [5, 5.41) is 3.04. The molecule has 2 N–H and O–H groups in total. The van der Waals surface area contributed by atoms with Gasteiger partial charge in [0.15, 0.2) is 5.65 Å². The Bertz CT molecular complexity index is 500. The van der Waals surface area contributed by atoms with Gasteiger partial charge in [-0.25, -0.2) is 9.97 Å². The number of aryl methyl sites for hydroxylation is 2. The molecule has 15 heavy (non-hydrogen) atoms. The van der Waals surface area contributed by atoms with Gasteiger partial charge in [-0.3, -0.25) is 0 Å². The molecule has 2 aromatic heterocycles. The number of nitrogens with zero attached hydrogens (tertiary/aromatic N) is 3. The van der Waals surface area contributed by atoms with Gasteiger partial charge in [-0.1, -0.05) is 6.08 Å². The van der Waals surface area contributed by atoms with E-state index in [0.29, 0.717) is 18.1 Å². The molecule has 2 rings (SSSR count). The van der Waals surface area contributed by atoms with E-state index in [9.17, 15) is 0 Å². The van der Waals surface area contributed by atoms with Crippen molar-refractivity contribution in [2.45, 2.75) is 13.8 Å². The second-order valence-corrected chi connectivity index (χ2v) is 3.32. The van der Waals surface area contributed by atoms with Crippen molar-refractivity contribution in [1.29, 1.82) is 0 Å². The molecule has 5 heteroatoms. The molecular formula is C10H13N5. The molecule has 0 saturated carbocycles. The molecule has 78 valence electrons. The molecule has 0 aliphatic rings. The van der Waals surface area contributed by atoms with Crippen LogP contribution >= 0.6 is 0 Å². The number of hydrogen-bond acceptors (Lipinski definition) is 4. The summed E-state index contributed by atoms with van der Waals surface area (Å²) in [6.45, 7) is 8.10. The van der Waals surface area contributed by atoms with Gasteiger partial charge >= 0.3 is 0 Å². The van der Waals surface area contributed by atoms with E-state index in [1.54, 1.807) is 6.08 Å². The molecule has 0 amide bonds. The summed E-state index contributed by atoms with van der Waals surface area (Å²) in [4.78, 5) is 16.0. The first-order valence-corrected chi connectivity index (χ1v) is 4.76. The van der Waals surface area contributed by atoms with Gasteiger partial charge in [-0.05, 0) is 13.8 Å². The van der Waals surface area contributed by atoms with Crippen LogP contribution in [0.1, 0.15) is 11.5 Å². The normalized spacial score (nSPS) is 10.5. The van der Waals surface area contributed by atoms with E-state index in [2.05, 4.69) is 31.8 Å². The highest BCUT2D eigenvalue weighted by Gasteiger charge is 2.07. The van der Waals surface area contributed by atoms with Crippen molar-refractivity contribution in [3.05, 3.63) is 24.2 Å². The van der Waals surface area contributed by atoms with Crippen molar-refractivity contribution in [1.82, 2.24) is 19.9 Å². The number of imidazole rings is 1. The van der Waals surface area contributed by atoms with E-state index < -0.39 is 0 Å². The standard InChI is InChI=1S/C10H13N5/c1-4-5-11-10-12-6(2)8-9(15-10)14-7(3)13-8/h4H,1,5H2,2-3H3,(H2,11,12,13,14,15). The van der Waals surface area contributed by atoms with Crippen LogP contribution in [0, 0.1) is 13.8 Å². The monoisotopic (exact) mass is 203 g/mol. The first kappa shape index (κ1) is 9.64. The molecule has 0 fully saturated rings. The maximum atomic E-state index is 4.31. The van der Waals surface area contributed by atoms with E-state index in [1.807, 2.05) is 13.8 Å². The smallest absolute Gasteiger partial charge is 0.225 e. The Kier molecular flexibility index (Phi) is 2.37. The molecule has 0 aliphatic carbocycles. The van der Waals surface area contributed by atoms with E-state index in [-0.39, 0.29) is 0 Å². The third-order valence-electron chi connectivity index (χ3n) is 2.05. The fraction of sp³-hybridized carbons (Fsp3) is 0.300. The molecule has 0 radical (unpaired) electrons. The van der Waals surface area contributed by atoms with Gasteiger partial charge in [0.05, 0.1) is 5.69 Å². The second kappa shape index (κ2) is 3.68. The van der Waals surface area contributed by atoms with E-state index in [1.165, 1.54) is 0 Å². The van der Waals surface area contributed by atoms with Crippen LogP contribution in [0.4, 0.5) is 5.95 Å². The SMILES string of the molecule is C=CCNc1nc(C)c2[nH]c(C)nc2n1. The summed E-state index contributed by atoms with van der Waals surface area (Å²) >= 11 is 0. The van der Waals surface area contributed by atoms with E-state index >= 15 is 0 Å². The minimum absolute atomic E-state index is 0.589. The zero-order valence-corrected chi connectivity index (χ0v) is 8.83. The van der Waals surface area contributed by atoms with Gasteiger partial charge in [-0.15, -0.1) is 6.58 Å². The van der Waals surface area contributed by atoms with Gasteiger partial charge in [0.2, 0.25) is 5.95 Å². The molecule has 2 aromatic rings. The number of fused-ring (bicyclic) bond motifs is 1. The zero-order chi connectivity index (χ0) is 10.8. The van der Waals surface area contributed by atoms with Crippen molar-refractivity contribution in [2.24, 2.45) is 0 Å². The van der Waals surface area contributed by atoms with Crippen LogP contribution in [0.5, 0.6) is 0 Å². The predicted molar refractivity (Wildman–Crippen MR) is 59.8 cm³/mol. The Hall–Kier alpha value is -1.91. The maximum Gasteiger partial charge on any atom is 0.225 e. The van der Waals surface area contributed by atoms with Crippen molar-refractivity contribution in [2.75, 3.05) is 11.9 Å². The lowest BCUT2D eigenvalue weighted by molar-refractivity contribution is 1.10. The van der Waals surface area contributed by atoms with Gasteiger partial charge in [0.25, 0.3) is 0 Å². The molecule has 0 unspecified atom stereocenters. The second-order valence-electron chi connectivity index (χ2n) is 3.32. The molecule has 5 nitrogen and oxygen atoms in total. The number of anilines is 1. The third kappa shape index (κ3) is 1.81. The number of H-pyrrole nitrogens is 1. The highest BCUT2D eigenvalue weighted by Crippen LogP contribution is 2.14. The van der Waals surface area contributed by atoms with Gasteiger partial charge in [0.1, 0.15) is 11.3 Å². The van der Waals surface area contributed by atoms with Crippen LogP contribution in [0.3, 0.4) is 0 Å². The lowest BCUT2D eigenvalue weighted by Gasteiger charge is -2.02. The lowest BCUT2D eigenvalue weighted by atomic mass is 10.4. The largest absolute Gasteiger partial charge is 0.351 e. The van der Waals surface area contributed by atoms with Crippen LogP contribution in [0.2, 0.25) is 0 Å². The summed E-state index contributed by atoms with van der Waals surface area (Å²) < 4.78 is 0. The van der Waals surface area contributed by atoms with Gasteiger partial charge in [-0.2, -0.15) is 4.98 Å². The molecule has 0 aromatic carbocycles. The van der Waals surface area contributed by atoms with E-state index in [0.717, 1.165) is 17.0 Å². The van der Waals surface area contributed by atoms with Crippen molar-refractivity contribution in [3.63, 3.8) is 0 Å². The number of hydrogen-bond donors (Lipinski definition) is 2. The highest BCUT2D eigenvalue weighted by atomic mass is 15.1. The first-order valence-electron chi connectivity index (χ1n) is 4.76. The Morgan fingerprint density at radius 1 is 1.33 bits per heavy atom. The number of aromatic nitrogens is 4. The Labute approximate surface area is 87.7 Å². The Morgan fingerprint density at radius 2 is 2.13 bits per heavy atom. The van der Waals surface area contributed by atoms with Crippen molar-refractivity contribution in [3.8, 4) is 0 Å². The third-order valence-corrected chi connectivity index (χ3v) is 2.05. The van der Waals surface area contributed by atoms with E-state index in [4.69, 9.17) is 0 Å². The minimum atomic E-state index is 0.589. The Morgan fingerprint density at radius 3 is 2.87 bits per heavy atom. The topological polar surface area (TPSA) is 66.5 Å². The molecule has 0 saturated heterocycles. The molecule has 0 atom stereocenters. The minimum Gasteiger partial charge on any atom is -0.351 e. The number of aromatic amines is 1. The number of nitrogens with one attached hydrogen (secondary N) is 2. The summed E-state index contributed by atoms with van der Waals surface area (Å²) in [6, 6.07) is 0. The van der Waals surface area contributed by atoms with Crippen molar-refractivity contribution < 1.29 is 0 Å². The average Bonchev–Trinajstić information content (AvgIpc) is 2.56. The predicted octanol–water partition coefficient (Wildman–Crippen LogP) is 1.57. The van der Waals surface area contributed by atoms with Crippen LogP contribution in [0.15, 0.2) is 12.7 Å². The van der Waals surface area contributed by atoms with Gasteiger partial charge in [0, 0.05) is 6.54 Å². The van der Waals surface area contributed by atoms with Crippen molar-refractivity contribution >= 4 is 17.1 Å². The summed E-state index contributed by atoms with van der Waals surface area (Å²) in [5.74, 6) is 1.44. The average molecular weight is 203 g/mol. The van der Waals surface area contributed by atoms with Crippen LogP contribution < -0.4 is 5.32 Å². The summed E-state index contributed by atoms with van der Waals surface area (Å²) in [6.07, 6.45) is 1.76. The van der Waals surface area contributed by atoms with Gasteiger partial charge < -0.3 is 10.3 Å². The molecule has 0 bridgehead atoms. The molecule has 2 heterocycles. The van der Waals surface area contributed by atoms with Crippen LogP contribution in [-0.4, -0.2) is 26.5 Å². The summed E-state index contributed by atoms with van der Waals surface area (Å²) in [5.41, 5.74) is 2.50. The zero-order valence-electron chi connectivity index (χ0n) is 8.83. The lowest BCUT2D eigenvalue weighted by Crippen LogP contribution is -2.04. The Balaban J connectivity index is 2.46. The fourth-order valence-corrected chi connectivity index (χ4v) is 1.40. The maximum absolute atomic E-state index is 4.31. The quantitative estimate of drug-likeness (QED) is 0.743. The van der Waals surface area contributed by atoms with Crippen LogP contribution in [0.25, 0.3) is 11.2 Å². The first-order chi connectivity index (χ1) is 7.20. The summed E-state index contributed by atoms with van der Waals surface area (Å²) in [7, 11) is 0. The fourth-order valence-electron chi connectivity index (χ4n) is 1.40.